The van der Waals surface area contributed by atoms with Gasteiger partial charge >= 0.3 is 0 Å². The fourth-order valence-electron chi connectivity index (χ4n) is 2.01. The summed E-state index contributed by atoms with van der Waals surface area (Å²) in [6, 6.07) is 11.3. The highest BCUT2D eigenvalue weighted by Crippen LogP contribution is 2.03. The average Bonchev–Trinajstić information content (AvgIpc) is 2.40. The van der Waals surface area contributed by atoms with Crippen molar-refractivity contribution in [2.45, 2.75) is 45.6 Å². The van der Waals surface area contributed by atoms with Crippen LogP contribution in [-0.2, 0) is 6.42 Å². The Morgan fingerprint density at radius 2 is 1.83 bits per heavy atom. The van der Waals surface area contributed by atoms with E-state index in [2.05, 4.69) is 54.8 Å². The van der Waals surface area contributed by atoms with Gasteiger partial charge in [0.15, 0.2) is 0 Å². The van der Waals surface area contributed by atoms with E-state index in [4.69, 9.17) is 0 Å². The van der Waals surface area contributed by atoms with Gasteiger partial charge in [-0.15, -0.1) is 0 Å². The predicted molar refractivity (Wildman–Crippen MR) is 80.0 cm³/mol. The monoisotopic (exact) mass is 248 g/mol. The summed E-state index contributed by atoms with van der Waals surface area (Å²) in [5.41, 5.74) is 1.45. The Morgan fingerprint density at radius 3 is 2.56 bits per heavy atom. The zero-order chi connectivity index (χ0) is 13.1. The summed E-state index contributed by atoms with van der Waals surface area (Å²) in [4.78, 5) is 0. The Bertz CT molecular complexity index is 284. The van der Waals surface area contributed by atoms with E-state index in [-0.39, 0.29) is 0 Å². The number of rotatable bonds is 10. The van der Waals surface area contributed by atoms with Crippen molar-refractivity contribution < 1.29 is 0 Å². The first kappa shape index (κ1) is 15.2. The minimum Gasteiger partial charge on any atom is -0.315 e. The Kier molecular flexibility index (Phi) is 8.53. The van der Waals surface area contributed by atoms with Crippen LogP contribution in [0.25, 0.3) is 0 Å². The largest absolute Gasteiger partial charge is 0.315 e. The lowest BCUT2D eigenvalue weighted by Crippen LogP contribution is -2.37. The molecule has 0 saturated heterocycles. The molecule has 0 aromatic heterocycles. The summed E-state index contributed by atoms with van der Waals surface area (Å²) in [5.74, 6) is 0. The first-order chi connectivity index (χ1) is 8.83. The maximum Gasteiger partial charge on any atom is 0.0164 e. The van der Waals surface area contributed by atoms with E-state index in [1.54, 1.807) is 0 Å². The van der Waals surface area contributed by atoms with E-state index >= 15 is 0 Å². The standard InChI is InChI=1S/C16H28N2/c1-3-12-17-14-15(2)18-13-8-7-11-16-9-5-4-6-10-16/h4-6,9-10,15,17-18H,3,7-8,11-14H2,1-2H3. The van der Waals surface area contributed by atoms with Crippen molar-refractivity contribution in [1.82, 2.24) is 10.6 Å². The minimum atomic E-state index is 0.577. The molecule has 0 aliphatic rings. The minimum absolute atomic E-state index is 0.577. The van der Waals surface area contributed by atoms with Crippen molar-refractivity contribution in [3.63, 3.8) is 0 Å². The number of unbranched alkanes of at least 4 members (excludes halogenated alkanes) is 1. The van der Waals surface area contributed by atoms with Crippen LogP contribution in [0.4, 0.5) is 0 Å². The molecule has 0 aliphatic heterocycles. The lowest BCUT2D eigenvalue weighted by molar-refractivity contribution is 0.491. The zero-order valence-corrected chi connectivity index (χ0v) is 11.9. The van der Waals surface area contributed by atoms with E-state index in [0.29, 0.717) is 6.04 Å². The first-order valence-electron chi connectivity index (χ1n) is 7.31. The smallest absolute Gasteiger partial charge is 0.0164 e. The van der Waals surface area contributed by atoms with Crippen LogP contribution in [0.1, 0.15) is 38.7 Å². The number of benzene rings is 1. The fraction of sp³-hybridized carbons (Fsp3) is 0.625. The topological polar surface area (TPSA) is 24.1 Å². The third-order valence-electron chi connectivity index (χ3n) is 3.11. The summed E-state index contributed by atoms with van der Waals surface area (Å²) in [7, 11) is 0. The molecule has 18 heavy (non-hydrogen) atoms. The van der Waals surface area contributed by atoms with Gasteiger partial charge in [-0.05, 0) is 51.3 Å². The molecule has 1 rings (SSSR count). The van der Waals surface area contributed by atoms with Gasteiger partial charge < -0.3 is 10.6 Å². The van der Waals surface area contributed by atoms with Crippen molar-refractivity contribution in [3.8, 4) is 0 Å². The molecule has 0 saturated carbocycles. The molecule has 102 valence electrons. The molecule has 1 aromatic rings. The summed E-state index contributed by atoms with van der Waals surface area (Å²) < 4.78 is 0. The number of nitrogens with one attached hydrogen (secondary N) is 2. The molecular formula is C16H28N2. The summed E-state index contributed by atoms with van der Waals surface area (Å²) in [6.45, 7) is 7.78. The van der Waals surface area contributed by atoms with Gasteiger partial charge in [0.1, 0.15) is 0 Å². The van der Waals surface area contributed by atoms with E-state index < -0.39 is 0 Å². The lowest BCUT2D eigenvalue weighted by atomic mass is 10.1. The third-order valence-corrected chi connectivity index (χ3v) is 3.11. The highest BCUT2D eigenvalue weighted by molar-refractivity contribution is 5.14. The predicted octanol–water partition coefficient (Wildman–Crippen LogP) is 2.99. The van der Waals surface area contributed by atoms with Gasteiger partial charge in [-0.3, -0.25) is 0 Å². The molecule has 0 spiro atoms. The lowest BCUT2D eigenvalue weighted by Gasteiger charge is -2.14. The highest BCUT2D eigenvalue weighted by Gasteiger charge is 1.99. The normalized spacial score (nSPS) is 12.6. The molecule has 0 radical (unpaired) electrons. The van der Waals surface area contributed by atoms with Crippen LogP contribution in [-0.4, -0.2) is 25.7 Å². The van der Waals surface area contributed by atoms with Crippen LogP contribution < -0.4 is 10.6 Å². The van der Waals surface area contributed by atoms with Crippen molar-refractivity contribution in [3.05, 3.63) is 35.9 Å². The highest BCUT2D eigenvalue weighted by atomic mass is 15.0. The molecule has 1 unspecified atom stereocenters. The molecule has 2 nitrogen and oxygen atoms in total. The zero-order valence-electron chi connectivity index (χ0n) is 11.9. The van der Waals surface area contributed by atoms with Gasteiger partial charge in [-0.2, -0.15) is 0 Å². The van der Waals surface area contributed by atoms with Crippen LogP contribution in [0.5, 0.6) is 0 Å². The molecule has 2 N–H and O–H groups in total. The Morgan fingerprint density at radius 1 is 1.06 bits per heavy atom. The second kappa shape index (κ2) is 10.1. The SMILES string of the molecule is CCCNCC(C)NCCCCc1ccccc1. The van der Waals surface area contributed by atoms with Gasteiger partial charge in [0.05, 0.1) is 0 Å². The maximum absolute atomic E-state index is 3.57. The van der Waals surface area contributed by atoms with Crippen molar-refractivity contribution in [2.75, 3.05) is 19.6 Å². The Hall–Kier alpha value is -0.860. The van der Waals surface area contributed by atoms with Gasteiger partial charge in [0, 0.05) is 12.6 Å². The van der Waals surface area contributed by atoms with Crippen LogP contribution in [0.15, 0.2) is 30.3 Å². The second-order valence-corrected chi connectivity index (χ2v) is 5.00. The number of hydrogen-bond acceptors (Lipinski definition) is 2. The Labute approximate surface area is 112 Å². The van der Waals surface area contributed by atoms with Crippen LogP contribution in [0.3, 0.4) is 0 Å². The molecule has 1 aromatic carbocycles. The molecule has 0 heterocycles. The average molecular weight is 248 g/mol. The first-order valence-corrected chi connectivity index (χ1v) is 7.31. The third kappa shape index (κ3) is 7.46. The number of aryl methyl sites for hydroxylation is 1. The molecule has 2 heteroatoms. The molecule has 1 atom stereocenters. The van der Waals surface area contributed by atoms with Crippen LogP contribution in [0.2, 0.25) is 0 Å². The summed E-state index contributed by atoms with van der Waals surface area (Å²) >= 11 is 0. The van der Waals surface area contributed by atoms with E-state index in [1.807, 2.05) is 0 Å². The van der Waals surface area contributed by atoms with Gasteiger partial charge in [-0.25, -0.2) is 0 Å². The fourth-order valence-corrected chi connectivity index (χ4v) is 2.01. The summed E-state index contributed by atoms with van der Waals surface area (Å²) in [5, 5.41) is 7.00. The van der Waals surface area contributed by atoms with Gasteiger partial charge in [-0.1, -0.05) is 37.3 Å². The van der Waals surface area contributed by atoms with E-state index in [1.165, 1.54) is 31.2 Å². The molecule has 0 amide bonds. The second-order valence-electron chi connectivity index (χ2n) is 5.00. The van der Waals surface area contributed by atoms with Gasteiger partial charge in [0.25, 0.3) is 0 Å². The van der Waals surface area contributed by atoms with E-state index in [0.717, 1.165) is 19.6 Å². The van der Waals surface area contributed by atoms with Crippen molar-refractivity contribution in [1.29, 1.82) is 0 Å². The summed E-state index contributed by atoms with van der Waals surface area (Å²) in [6.07, 6.45) is 4.94. The molecular weight excluding hydrogens is 220 g/mol. The van der Waals surface area contributed by atoms with Crippen molar-refractivity contribution in [2.24, 2.45) is 0 Å². The quantitative estimate of drug-likeness (QED) is 0.622. The number of hydrogen-bond donors (Lipinski definition) is 2. The van der Waals surface area contributed by atoms with Crippen LogP contribution in [0, 0.1) is 0 Å². The Balaban J connectivity index is 1.95. The van der Waals surface area contributed by atoms with Crippen LogP contribution >= 0.6 is 0 Å². The molecule has 0 bridgehead atoms. The van der Waals surface area contributed by atoms with E-state index in [9.17, 15) is 0 Å². The van der Waals surface area contributed by atoms with Crippen molar-refractivity contribution >= 4 is 0 Å². The molecule has 0 aliphatic carbocycles. The van der Waals surface area contributed by atoms with Gasteiger partial charge in [0.2, 0.25) is 0 Å². The maximum atomic E-state index is 3.57. The molecule has 0 fully saturated rings.